The highest BCUT2D eigenvalue weighted by molar-refractivity contribution is 7.91. The predicted molar refractivity (Wildman–Crippen MR) is 70.5 cm³/mol. The number of rotatable bonds is 4. The molecular formula is C11H11N3O2S2. The molecule has 2 rings (SSSR count). The molecule has 1 aromatic carbocycles. The number of allylic oxidation sites excluding steroid dienone is 1. The maximum atomic E-state index is 11.1. The van der Waals surface area contributed by atoms with Gasteiger partial charge in [0.25, 0.3) is 10.0 Å². The first-order valence-electron chi connectivity index (χ1n) is 5.05. The fraction of sp³-hybridized carbons (Fsp3) is 0.0909. The minimum Gasteiger partial charge on any atom is -0.223 e. The van der Waals surface area contributed by atoms with Crippen molar-refractivity contribution in [1.82, 2.24) is 10.2 Å². The topological polar surface area (TPSA) is 85.9 Å². The maximum absolute atomic E-state index is 11.1. The predicted octanol–water partition coefficient (Wildman–Crippen LogP) is 1.44. The summed E-state index contributed by atoms with van der Waals surface area (Å²) >= 11 is 0.967. The minimum absolute atomic E-state index is 0.168. The Balaban J connectivity index is 2.16. The summed E-state index contributed by atoms with van der Waals surface area (Å²) in [6.07, 6.45) is 0.456. The van der Waals surface area contributed by atoms with Crippen molar-refractivity contribution in [3.63, 3.8) is 0 Å². The number of nitrogens with two attached hydrogens (primary N) is 1. The zero-order chi connectivity index (χ0) is 13.2. The van der Waals surface area contributed by atoms with Crippen LogP contribution in [0.25, 0.3) is 5.57 Å². The van der Waals surface area contributed by atoms with Gasteiger partial charge >= 0.3 is 0 Å². The van der Waals surface area contributed by atoms with E-state index in [1.165, 1.54) is 0 Å². The molecule has 0 spiro atoms. The molecule has 1 aromatic heterocycles. The molecule has 0 fully saturated rings. The Bertz CT molecular complexity index is 663. The standard InChI is InChI=1S/C11H11N3O2S2/c1-8(9-5-3-2-4-6-9)7-10-13-14-11(17-10)18(12,15)16/h2-6H,1,7H2,(H2,12,15,16). The molecule has 0 saturated heterocycles. The van der Waals surface area contributed by atoms with Gasteiger partial charge in [0.1, 0.15) is 5.01 Å². The summed E-state index contributed by atoms with van der Waals surface area (Å²) in [6.45, 7) is 3.95. The third-order valence-electron chi connectivity index (χ3n) is 2.24. The summed E-state index contributed by atoms with van der Waals surface area (Å²) in [5.41, 5.74) is 1.84. The van der Waals surface area contributed by atoms with Crippen molar-refractivity contribution in [3.05, 3.63) is 47.5 Å². The lowest BCUT2D eigenvalue weighted by molar-refractivity contribution is 0.595. The van der Waals surface area contributed by atoms with Crippen LogP contribution >= 0.6 is 11.3 Å². The molecule has 0 saturated carbocycles. The van der Waals surface area contributed by atoms with Crippen LogP contribution in [0.3, 0.4) is 0 Å². The van der Waals surface area contributed by atoms with Gasteiger partial charge in [0.15, 0.2) is 0 Å². The molecule has 94 valence electrons. The third kappa shape index (κ3) is 3.00. The van der Waals surface area contributed by atoms with E-state index >= 15 is 0 Å². The van der Waals surface area contributed by atoms with E-state index in [0.29, 0.717) is 11.4 Å². The Kier molecular flexibility index (Phi) is 3.55. The zero-order valence-electron chi connectivity index (χ0n) is 9.41. The largest absolute Gasteiger partial charge is 0.267 e. The fourth-order valence-electron chi connectivity index (χ4n) is 1.38. The van der Waals surface area contributed by atoms with Crippen molar-refractivity contribution < 1.29 is 8.42 Å². The fourth-order valence-corrected chi connectivity index (χ4v) is 2.90. The number of sulfonamides is 1. The van der Waals surface area contributed by atoms with Crippen LogP contribution in [0.4, 0.5) is 0 Å². The molecule has 0 aliphatic heterocycles. The van der Waals surface area contributed by atoms with Gasteiger partial charge in [-0.05, 0) is 11.1 Å². The number of primary sulfonamides is 1. The molecule has 18 heavy (non-hydrogen) atoms. The quantitative estimate of drug-likeness (QED) is 0.918. The lowest BCUT2D eigenvalue weighted by Gasteiger charge is -2.02. The van der Waals surface area contributed by atoms with E-state index in [1.807, 2.05) is 30.3 Å². The Morgan fingerprint density at radius 3 is 2.50 bits per heavy atom. The Labute approximate surface area is 109 Å². The molecule has 2 N–H and O–H groups in total. The van der Waals surface area contributed by atoms with Gasteiger partial charge in [-0.1, -0.05) is 48.2 Å². The first-order valence-corrected chi connectivity index (χ1v) is 7.41. The lowest BCUT2D eigenvalue weighted by atomic mass is 10.1. The SMILES string of the molecule is C=C(Cc1nnc(S(N)(=O)=O)s1)c1ccccc1. The van der Waals surface area contributed by atoms with E-state index in [2.05, 4.69) is 16.8 Å². The molecule has 0 aliphatic carbocycles. The van der Waals surface area contributed by atoms with E-state index in [4.69, 9.17) is 5.14 Å². The van der Waals surface area contributed by atoms with E-state index in [0.717, 1.165) is 22.5 Å². The van der Waals surface area contributed by atoms with Crippen LogP contribution in [0, 0.1) is 0 Å². The van der Waals surface area contributed by atoms with Crippen LogP contribution in [0.15, 0.2) is 41.3 Å². The van der Waals surface area contributed by atoms with Gasteiger partial charge in [-0.3, -0.25) is 0 Å². The molecule has 0 radical (unpaired) electrons. The van der Waals surface area contributed by atoms with Gasteiger partial charge in [0.2, 0.25) is 4.34 Å². The van der Waals surface area contributed by atoms with Crippen LogP contribution in [-0.4, -0.2) is 18.6 Å². The second kappa shape index (κ2) is 4.97. The van der Waals surface area contributed by atoms with Crippen molar-refractivity contribution in [2.45, 2.75) is 10.8 Å². The molecule has 0 atom stereocenters. The summed E-state index contributed by atoms with van der Waals surface area (Å²) in [4.78, 5) is 0. The number of hydrogen-bond donors (Lipinski definition) is 1. The number of nitrogens with zero attached hydrogens (tertiary/aromatic N) is 2. The number of aromatic nitrogens is 2. The van der Waals surface area contributed by atoms with E-state index in [9.17, 15) is 8.42 Å². The molecule has 1 heterocycles. The van der Waals surface area contributed by atoms with Crippen molar-refractivity contribution in [2.24, 2.45) is 5.14 Å². The van der Waals surface area contributed by atoms with E-state index in [1.54, 1.807) is 0 Å². The normalized spacial score (nSPS) is 11.4. The highest BCUT2D eigenvalue weighted by Crippen LogP contribution is 2.21. The second-order valence-corrected chi connectivity index (χ2v) is 6.45. The Morgan fingerprint density at radius 1 is 1.28 bits per heavy atom. The molecule has 0 aliphatic rings. The molecule has 0 bridgehead atoms. The van der Waals surface area contributed by atoms with Crippen molar-refractivity contribution in [2.75, 3.05) is 0 Å². The Hall–Kier alpha value is -1.57. The van der Waals surface area contributed by atoms with Crippen LogP contribution in [0.1, 0.15) is 10.6 Å². The van der Waals surface area contributed by atoms with Crippen LogP contribution < -0.4 is 5.14 Å². The maximum Gasteiger partial charge on any atom is 0.267 e. The van der Waals surface area contributed by atoms with Gasteiger partial charge in [0.05, 0.1) is 0 Å². The van der Waals surface area contributed by atoms with Gasteiger partial charge in [0, 0.05) is 6.42 Å². The molecule has 2 aromatic rings. The molecule has 5 nitrogen and oxygen atoms in total. The highest BCUT2D eigenvalue weighted by Gasteiger charge is 2.15. The summed E-state index contributed by atoms with van der Waals surface area (Å²) in [6, 6.07) is 9.61. The average Bonchev–Trinajstić information content (AvgIpc) is 2.78. The van der Waals surface area contributed by atoms with Crippen LogP contribution in [0.5, 0.6) is 0 Å². The van der Waals surface area contributed by atoms with Crippen LogP contribution in [0.2, 0.25) is 0 Å². The molecular weight excluding hydrogens is 270 g/mol. The van der Waals surface area contributed by atoms with Crippen molar-refractivity contribution in [1.29, 1.82) is 0 Å². The van der Waals surface area contributed by atoms with E-state index < -0.39 is 10.0 Å². The summed E-state index contributed by atoms with van der Waals surface area (Å²) in [5.74, 6) is 0. The highest BCUT2D eigenvalue weighted by atomic mass is 32.2. The second-order valence-electron chi connectivity index (χ2n) is 3.65. The monoisotopic (exact) mass is 281 g/mol. The summed E-state index contributed by atoms with van der Waals surface area (Å²) in [7, 11) is -3.77. The number of benzene rings is 1. The summed E-state index contributed by atoms with van der Waals surface area (Å²) < 4.78 is 22.0. The van der Waals surface area contributed by atoms with E-state index in [-0.39, 0.29) is 4.34 Å². The van der Waals surface area contributed by atoms with Gasteiger partial charge < -0.3 is 0 Å². The Morgan fingerprint density at radius 2 is 1.94 bits per heavy atom. The van der Waals surface area contributed by atoms with Crippen molar-refractivity contribution >= 4 is 26.9 Å². The minimum atomic E-state index is -3.77. The first kappa shape index (κ1) is 12.9. The molecule has 7 heteroatoms. The van der Waals surface area contributed by atoms with Gasteiger partial charge in [-0.2, -0.15) is 0 Å². The van der Waals surface area contributed by atoms with Gasteiger partial charge in [-0.25, -0.2) is 13.6 Å². The summed E-state index contributed by atoms with van der Waals surface area (Å²) in [5, 5.41) is 12.9. The smallest absolute Gasteiger partial charge is 0.223 e. The van der Waals surface area contributed by atoms with Crippen LogP contribution in [-0.2, 0) is 16.4 Å². The lowest BCUT2D eigenvalue weighted by Crippen LogP contribution is -2.11. The first-order chi connectivity index (χ1) is 8.47. The average molecular weight is 281 g/mol. The zero-order valence-corrected chi connectivity index (χ0v) is 11.0. The third-order valence-corrected chi connectivity index (χ3v) is 4.47. The molecule has 0 amide bonds. The molecule has 0 unspecified atom stereocenters. The number of hydrogen-bond acceptors (Lipinski definition) is 5. The van der Waals surface area contributed by atoms with Crippen molar-refractivity contribution in [3.8, 4) is 0 Å². The van der Waals surface area contributed by atoms with Gasteiger partial charge in [-0.15, -0.1) is 10.2 Å².